The average molecular weight is 277 g/mol. The van der Waals surface area contributed by atoms with E-state index in [0.29, 0.717) is 25.4 Å². The van der Waals surface area contributed by atoms with E-state index in [4.69, 9.17) is 5.11 Å². The standard InChI is InChI=1S/C12H23NO4S/c1-10(2)9-18(16,17)13-7-5-11(6-8-13)3-4-12(14)15/h10-11H,3-9H2,1-2H3,(H,14,15). The summed E-state index contributed by atoms with van der Waals surface area (Å²) in [5, 5.41) is 8.62. The highest BCUT2D eigenvalue weighted by molar-refractivity contribution is 7.89. The largest absolute Gasteiger partial charge is 0.481 e. The molecule has 0 atom stereocenters. The van der Waals surface area contributed by atoms with E-state index in [1.54, 1.807) is 4.31 Å². The molecule has 1 heterocycles. The van der Waals surface area contributed by atoms with Crippen LogP contribution in [0.25, 0.3) is 0 Å². The Morgan fingerprint density at radius 3 is 2.33 bits per heavy atom. The maximum Gasteiger partial charge on any atom is 0.303 e. The minimum atomic E-state index is -3.12. The summed E-state index contributed by atoms with van der Waals surface area (Å²) < 4.78 is 25.6. The van der Waals surface area contributed by atoms with Gasteiger partial charge in [0.2, 0.25) is 10.0 Å². The zero-order valence-corrected chi connectivity index (χ0v) is 11.9. The fourth-order valence-corrected chi connectivity index (χ4v) is 4.15. The van der Waals surface area contributed by atoms with Gasteiger partial charge < -0.3 is 5.11 Å². The van der Waals surface area contributed by atoms with Gasteiger partial charge in [-0.1, -0.05) is 13.8 Å². The van der Waals surface area contributed by atoms with Gasteiger partial charge in [-0.15, -0.1) is 0 Å². The molecule has 1 fully saturated rings. The lowest BCUT2D eigenvalue weighted by molar-refractivity contribution is -0.137. The SMILES string of the molecule is CC(C)CS(=O)(=O)N1CCC(CCC(=O)O)CC1. The van der Waals surface area contributed by atoms with Crippen LogP contribution in [-0.2, 0) is 14.8 Å². The molecule has 106 valence electrons. The molecule has 0 aliphatic carbocycles. The molecule has 0 aromatic heterocycles. The summed E-state index contributed by atoms with van der Waals surface area (Å²) in [6.45, 7) is 4.88. The minimum absolute atomic E-state index is 0.139. The predicted octanol–water partition coefficient (Wildman–Crippen LogP) is 1.55. The van der Waals surface area contributed by atoms with Crippen molar-refractivity contribution in [2.24, 2.45) is 11.8 Å². The van der Waals surface area contributed by atoms with Crippen LogP contribution in [0.2, 0.25) is 0 Å². The fourth-order valence-electron chi connectivity index (χ4n) is 2.33. The number of rotatable bonds is 6. The van der Waals surface area contributed by atoms with E-state index < -0.39 is 16.0 Å². The van der Waals surface area contributed by atoms with Gasteiger partial charge in [0, 0.05) is 19.5 Å². The third-order valence-electron chi connectivity index (χ3n) is 3.28. The first kappa shape index (κ1) is 15.4. The summed E-state index contributed by atoms with van der Waals surface area (Å²) in [6, 6.07) is 0. The fraction of sp³-hybridized carbons (Fsp3) is 0.917. The molecule has 0 spiro atoms. The number of piperidine rings is 1. The van der Waals surface area contributed by atoms with Crippen molar-refractivity contribution >= 4 is 16.0 Å². The number of hydrogen-bond donors (Lipinski definition) is 1. The van der Waals surface area contributed by atoms with Crippen LogP contribution in [0.1, 0.15) is 39.5 Å². The molecule has 1 rings (SSSR count). The van der Waals surface area contributed by atoms with Crippen molar-refractivity contribution in [1.29, 1.82) is 0 Å². The first-order chi connectivity index (χ1) is 8.31. The van der Waals surface area contributed by atoms with Crippen molar-refractivity contribution in [2.75, 3.05) is 18.8 Å². The van der Waals surface area contributed by atoms with Crippen molar-refractivity contribution in [2.45, 2.75) is 39.5 Å². The molecule has 1 aliphatic rings. The number of hydrogen-bond acceptors (Lipinski definition) is 3. The van der Waals surface area contributed by atoms with E-state index in [9.17, 15) is 13.2 Å². The quantitative estimate of drug-likeness (QED) is 0.799. The highest BCUT2D eigenvalue weighted by atomic mass is 32.2. The van der Waals surface area contributed by atoms with E-state index in [-0.39, 0.29) is 18.1 Å². The van der Waals surface area contributed by atoms with Gasteiger partial charge in [0.1, 0.15) is 0 Å². The number of nitrogens with zero attached hydrogens (tertiary/aromatic N) is 1. The average Bonchev–Trinajstić information content (AvgIpc) is 2.25. The van der Waals surface area contributed by atoms with E-state index >= 15 is 0 Å². The molecule has 18 heavy (non-hydrogen) atoms. The molecule has 1 N–H and O–H groups in total. The topological polar surface area (TPSA) is 74.7 Å². The van der Waals surface area contributed by atoms with Crippen molar-refractivity contribution in [1.82, 2.24) is 4.31 Å². The van der Waals surface area contributed by atoms with Crippen molar-refractivity contribution < 1.29 is 18.3 Å². The summed E-state index contributed by atoms with van der Waals surface area (Å²) in [5.41, 5.74) is 0. The Hall–Kier alpha value is -0.620. The second-order valence-corrected chi connectivity index (χ2v) is 7.46. The summed E-state index contributed by atoms with van der Waals surface area (Å²) >= 11 is 0. The van der Waals surface area contributed by atoms with Crippen LogP contribution < -0.4 is 0 Å². The number of sulfonamides is 1. The smallest absolute Gasteiger partial charge is 0.303 e. The Bertz CT molecular complexity index is 370. The van der Waals surface area contributed by atoms with Gasteiger partial charge in [-0.25, -0.2) is 12.7 Å². The van der Waals surface area contributed by atoms with Gasteiger partial charge in [0.25, 0.3) is 0 Å². The molecule has 0 unspecified atom stereocenters. The van der Waals surface area contributed by atoms with Gasteiger partial charge in [-0.3, -0.25) is 4.79 Å². The highest BCUT2D eigenvalue weighted by Crippen LogP contribution is 2.24. The Morgan fingerprint density at radius 1 is 1.33 bits per heavy atom. The molecule has 0 bridgehead atoms. The lowest BCUT2D eigenvalue weighted by Crippen LogP contribution is -2.40. The minimum Gasteiger partial charge on any atom is -0.481 e. The van der Waals surface area contributed by atoms with Crippen LogP contribution in [0.5, 0.6) is 0 Å². The first-order valence-corrected chi connectivity index (χ1v) is 8.12. The molecular weight excluding hydrogens is 254 g/mol. The third-order valence-corrected chi connectivity index (χ3v) is 5.52. The second-order valence-electron chi connectivity index (χ2n) is 5.45. The summed E-state index contributed by atoms with van der Waals surface area (Å²) in [5.74, 6) is -0.0801. The van der Waals surface area contributed by atoms with Gasteiger partial charge in [-0.2, -0.15) is 0 Å². The van der Waals surface area contributed by atoms with E-state index in [2.05, 4.69) is 0 Å². The maximum absolute atomic E-state index is 12.0. The number of carboxylic acid groups (broad SMARTS) is 1. The molecule has 5 nitrogen and oxygen atoms in total. The third kappa shape index (κ3) is 4.94. The van der Waals surface area contributed by atoms with Crippen LogP contribution in [0.3, 0.4) is 0 Å². The van der Waals surface area contributed by atoms with E-state index in [0.717, 1.165) is 12.8 Å². The molecular formula is C12H23NO4S. The Kier molecular flexibility index (Phi) is 5.59. The summed E-state index contributed by atoms with van der Waals surface area (Å²) in [6.07, 6.45) is 2.41. The molecule has 0 saturated carbocycles. The molecule has 0 aromatic carbocycles. The Morgan fingerprint density at radius 2 is 1.89 bits per heavy atom. The molecule has 1 saturated heterocycles. The number of carbonyl (C=O) groups is 1. The molecule has 6 heteroatoms. The number of aliphatic carboxylic acids is 1. The van der Waals surface area contributed by atoms with Gasteiger partial charge in [-0.05, 0) is 31.1 Å². The van der Waals surface area contributed by atoms with Gasteiger partial charge in [0.05, 0.1) is 5.75 Å². The lowest BCUT2D eigenvalue weighted by Gasteiger charge is -2.31. The Balaban J connectivity index is 2.41. The zero-order chi connectivity index (χ0) is 13.8. The van der Waals surface area contributed by atoms with Crippen molar-refractivity contribution in [3.8, 4) is 0 Å². The Labute approximate surface area is 109 Å². The van der Waals surface area contributed by atoms with E-state index in [1.807, 2.05) is 13.8 Å². The lowest BCUT2D eigenvalue weighted by atomic mass is 9.93. The number of carboxylic acids is 1. The highest BCUT2D eigenvalue weighted by Gasteiger charge is 2.28. The predicted molar refractivity (Wildman–Crippen MR) is 69.8 cm³/mol. The molecule has 0 radical (unpaired) electrons. The maximum atomic E-state index is 12.0. The van der Waals surface area contributed by atoms with Crippen LogP contribution >= 0.6 is 0 Å². The normalized spacial score (nSPS) is 19.3. The van der Waals surface area contributed by atoms with Crippen molar-refractivity contribution in [3.63, 3.8) is 0 Å². The molecule has 1 aliphatic heterocycles. The summed E-state index contributed by atoms with van der Waals surface area (Å²) in [7, 11) is -3.12. The second kappa shape index (κ2) is 6.52. The zero-order valence-electron chi connectivity index (χ0n) is 11.1. The summed E-state index contributed by atoms with van der Waals surface area (Å²) in [4.78, 5) is 10.5. The van der Waals surface area contributed by atoms with Crippen LogP contribution in [-0.4, -0.2) is 42.6 Å². The van der Waals surface area contributed by atoms with Crippen LogP contribution in [0.15, 0.2) is 0 Å². The van der Waals surface area contributed by atoms with Crippen LogP contribution in [0.4, 0.5) is 0 Å². The monoisotopic (exact) mass is 277 g/mol. The van der Waals surface area contributed by atoms with E-state index in [1.165, 1.54) is 0 Å². The van der Waals surface area contributed by atoms with Crippen LogP contribution in [0, 0.1) is 11.8 Å². The first-order valence-electron chi connectivity index (χ1n) is 6.51. The molecule has 0 amide bonds. The van der Waals surface area contributed by atoms with Gasteiger partial charge >= 0.3 is 5.97 Å². The molecule has 0 aromatic rings. The van der Waals surface area contributed by atoms with Gasteiger partial charge in [0.15, 0.2) is 0 Å². The van der Waals surface area contributed by atoms with Crippen molar-refractivity contribution in [3.05, 3.63) is 0 Å².